The lowest BCUT2D eigenvalue weighted by Crippen LogP contribution is -1.94. The number of hydrogen-bond acceptors (Lipinski definition) is 3. The molecule has 1 aromatic rings. The van der Waals surface area contributed by atoms with Crippen molar-refractivity contribution >= 4 is 6.08 Å². The molecular formula is C10H13N3. The zero-order valence-electron chi connectivity index (χ0n) is 7.70. The quantitative estimate of drug-likeness (QED) is 0.743. The van der Waals surface area contributed by atoms with Crippen LogP contribution in [0.4, 0.5) is 0 Å². The van der Waals surface area contributed by atoms with Crippen LogP contribution in [0.25, 0.3) is 6.08 Å². The second-order valence-electron chi connectivity index (χ2n) is 3.54. The smallest absolute Gasteiger partial charge is 0.153 e. The normalized spacial score (nSPS) is 17.5. The predicted molar refractivity (Wildman–Crippen MR) is 51.8 cm³/mol. The molecule has 0 aliphatic heterocycles. The molecule has 3 heteroatoms. The van der Waals surface area contributed by atoms with Crippen LogP contribution in [-0.2, 0) is 0 Å². The van der Waals surface area contributed by atoms with Crippen molar-refractivity contribution in [2.75, 3.05) is 0 Å². The molecule has 68 valence electrons. The monoisotopic (exact) mass is 175 g/mol. The van der Waals surface area contributed by atoms with Crippen LogP contribution in [0.3, 0.4) is 0 Å². The van der Waals surface area contributed by atoms with Gasteiger partial charge in [0.15, 0.2) is 5.82 Å². The summed E-state index contributed by atoms with van der Waals surface area (Å²) in [6, 6.07) is 0. The minimum atomic E-state index is 0.699. The van der Waals surface area contributed by atoms with E-state index in [1.807, 2.05) is 19.3 Å². The molecule has 0 spiro atoms. The SMILES string of the molecule is C/C(N)=C/c1ncc(C2CC2)cn1. The van der Waals surface area contributed by atoms with Crippen molar-refractivity contribution < 1.29 is 0 Å². The Labute approximate surface area is 77.7 Å². The number of allylic oxidation sites excluding steroid dienone is 1. The molecule has 1 aliphatic rings. The molecule has 1 aliphatic carbocycles. The molecular weight excluding hydrogens is 162 g/mol. The first-order chi connectivity index (χ1) is 6.25. The maximum absolute atomic E-state index is 5.52. The van der Waals surface area contributed by atoms with Gasteiger partial charge in [0.25, 0.3) is 0 Å². The number of hydrogen-bond donors (Lipinski definition) is 1. The Balaban J connectivity index is 2.18. The summed E-state index contributed by atoms with van der Waals surface area (Å²) < 4.78 is 0. The van der Waals surface area contributed by atoms with E-state index in [4.69, 9.17) is 5.73 Å². The fraction of sp³-hybridized carbons (Fsp3) is 0.400. The van der Waals surface area contributed by atoms with Crippen molar-refractivity contribution in [1.29, 1.82) is 0 Å². The zero-order chi connectivity index (χ0) is 9.26. The van der Waals surface area contributed by atoms with Gasteiger partial charge >= 0.3 is 0 Å². The third-order valence-corrected chi connectivity index (χ3v) is 2.10. The Hall–Kier alpha value is -1.38. The van der Waals surface area contributed by atoms with Gasteiger partial charge in [-0.1, -0.05) is 0 Å². The highest BCUT2D eigenvalue weighted by molar-refractivity contribution is 5.42. The van der Waals surface area contributed by atoms with Crippen LogP contribution in [0.2, 0.25) is 0 Å². The van der Waals surface area contributed by atoms with Crippen molar-refractivity contribution in [2.24, 2.45) is 5.73 Å². The first-order valence-corrected chi connectivity index (χ1v) is 4.51. The van der Waals surface area contributed by atoms with Crippen LogP contribution in [0, 0.1) is 0 Å². The Morgan fingerprint density at radius 1 is 1.46 bits per heavy atom. The van der Waals surface area contributed by atoms with Gasteiger partial charge in [-0.2, -0.15) is 0 Å². The highest BCUT2D eigenvalue weighted by atomic mass is 14.9. The van der Waals surface area contributed by atoms with E-state index in [1.165, 1.54) is 18.4 Å². The largest absolute Gasteiger partial charge is 0.402 e. The van der Waals surface area contributed by atoms with Crippen LogP contribution in [-0.4, -0.2) is 9.97 Å². The van der Waals surface area contributed by atoms with Gasteiger partial charge in [-0.25, -0.2) is 9.97 Å². The molecule has 0 atom stereocenters. The second kappa shape index (κ2) is 3.17. The van der Waals surface area contributed by atoms with Gasteiger partial charge in [0.05, 0.1) is 0 Å². The number of aromatic nitrogens is 2. The molecule has 0 amide bonds. The molecule has 0 bridgehead atoms. The van der Waals surface area contributed by atoms with Crippen molar-refractivity contribution in [3.63, 3.8) is 0 Å². The van der Waals surface area contributed by atoms with E-state index in [2.05, 4.69) is 9.97 Å². The first kappa shape index (κ1) is 8.23. The standard InChI is InChI=1S/C10H13N3/c1-7(11)4-10-12-5-9(6-13-10)8-2-3-8/h4-6,8H,2-3,11H2,1H3/b7-4-. The van der Waals surface area contributed by atoms with Crippen LogP contribution in [0.5, 0.6) is 0 Å². The van der Waals surface area contributed by atoms with Crippen LogP contribution in [0.1, 0.15) is 37.1 Å². The zero-order valence-corrected chi connectivity index (χ0v) is 7.70. The second-order valence-corrected chi connectivity index (χ2v) is 3.54. The lowest BCUT2D eigenvalue weighted by molar-refractivity contribution is 1.02. The molecule has 13 heavy (non-hydrogen) atoms. The molecule has 1 heterocycles. The van der Waals surface area contributed by atoms with Crippen LogP contribution < -0.4 is 5.73 Å². The Bertz CT molecular complexity index is 319. The summed E-state index contributed by atoms with van der Waals surface area (Å²) in [7, 11) is 0. The van der Waals surface area contributed by atoms with Gasteiger partial charge in [-0.15, -0.1) is 0 Å². The van der Waals surface area contributed by atoms with E-state index in [0.717, 1.165) is 11.6 Å². The van der Waals surface area contributed by atoms with E-state index in [9.17, 15) is 0 Å². The molecule has 1 fully saturated rings. The van der Waals surface area contributed by atoms with Gasteiger partial charge in [-0.05, 0) is 31.2 Å². The molecule has 0 aromatic carbocycles. The summed E-state index contributed by atoms with van der Waals surface area (Å²) >= 11 is 0. The van der Waals surface area contributed by atoms with Crippen LogP contribution >= 0.6 is 0 Å². The Morgan fingerprint density at radius 2 is 2.08 bits per heavy atom. The number of nitrogens with two attached hydrogens (primary N) is 1. The summed E-state index contributed by atoms with van der Waals surface area (Å²) in [6.07, 6.45) is 8.15. The summed E-state index contributed by atoms with van der Waals surface area (Å²) in [6.45, 7) is 1.83. The molecule has 0 radical (unpaired) electrons. The lowest BCUT2D eigenvalue weighted by Gasteiger charge is -1.97. The minimum Gasteiger partial charge on any atom is -0.402 e. The molecule has 2 rings (SSSR count). The van der Waals surface area contributed by atoms with Gasteiger partial charge in [0.2, 0.25) is 0 Å². The summed E-state index contributed by atoms with van der Waals surface area (Å²) in [5, 5.41) is 0. The molecule has 0 saturated heterocycles. The number of nitrogens with zero attached hydrogens (tertiary/aromatic N) is 2. The maximum Gasteiger partial charge on any atom is 0.153 e. The molecule has 3 nitrogen and oxygen atoms in total. The maximum atomic E-state index is 5.52. The minimum absolute atomic E-state index is 0.699. The summed E-state index contributed by atoms with van der Waals surface area (Å²) in [4.78, 5) is 8.43. The van der Waals surface area contributed by atoms with Crippen molar-refractivity contribution in [3.8, 4) is 0 Å². The Kier molecular flexibility index (Phi) is 2.00. The summed E-state index contributed by atoms with van der Waals surface area (Å²) in [5.74, 6) is 1.42. The highest BCUT2D eigenvalue weighted by Crippen LogP contribution is 2.39. The van der Waals surface area contributed by atoms with E-state index < -0.39 is 0 Å². The first-order valence-electron chi connectivity index (χ1n) is 4.51. The lowest BCUT2D eigenvalue weighted by atomic mass is 10.2. The molecule has 2 N–H and O–H groups in total. The Morgan fingerprint density at radius 3 is 2.54 bits per heavy atom. The van der Waals surface area contributed by atoms with Crippen molar-refractivity contribution in [3.05, 3.63) is 29.5 Å². The average Bonchev–Trinajstić information content (AvgIpc) is 2.87. The van der Waals surface area contributed by atoms with Gasteiger partial charge in [0, 0.05) is 24.2 Å². The van der Waals surface area contributed by atoms with E-state index >= 15 is 0 Å². The van der Waals surface area contributed by atoms with Gasteiger partial charge < -0.3 is 5.73 Å². The van der Waals surface area contributed by atoms with Crippen molar-refractivity contribution in [1.82, 2.24) is 9.97 Å². The predicted octanol–water partition coefficient (Wildman–Crippen LogP) is 1.67. The molecule has 1 aromatic heterocycles. The van der Waals surface area contributed by atoms with Gasteiger partial charge in [-0.3, -0.25) is 0 Å². The number of rotatable bonds is 2. The summed E-state index contributed by atoms with van der Waals surface area (Å²) in [5.41, 5.74) is 7.51. The molecule has 0 unspecified atom stereocenters. The fourth-order valence-electron chi connectivity index (χ4n) is 1.25. The average molecular weight is 175 g/mol. The molecule has 1 saturated carbocycles. The van der Waals surface area contributed by atoms with E-state index in [0.29, 0.717) is 5.82 Å². The topological polar surface area (TPSA) is 51.8 Å². The third-order valence-electron chi connectivity index (χ3n) is 2.10. The van der Waals surface area contributed by atoms with E-state index in [1.54, 1.807) is 6.08 Å². The van der Waals surface area contributed by atoms with Gasteiger partial charge in [0.1, 0.15) is 0 Å². The fourth-order valence-corrected chi connectivity index (χ4v) is 1.25. The van der Waals surface area contributed by atoms with Crippen LogP contribution in [0.15, 0.2) is 18.1 Å². The van der Waals surface area contributed by atoms with E-state index in [-0.39, 0.29) is 0 Å². The highest BCUT2D eigenvalue weighted by Gasteiger charge is 2.23. The van der Waals surface area contributed by atoms with Crippen molar-refractivity contribution in [2.45, 2.75) is 25.7 Å². The third kappa shape index (κ3) is 2.05.